The molecule has 1 amide bonds. The van der Waals surface area contributed by atoms with Crippen molar-refractivity contribution >= 4 is 31.6 Å². The molecule has 0 radical (unpaired) electrons. The van der Waals surface area contributed by atoms with Crippen molar-refractivity contribution in [2.75, 3.05) is 31.5 Å². The fourth-order valence-corrected chi connectivity index (χ4v) is 6.85. The number of hydrogen-bond acceptors (Lipinski definition) is 7. The summed E-state index contributed by atoms with van der Waals surface area (Å²) in [5.41, 5.74) is 0.893. The number of nitrogens with one attached hydrogen (secondary N) is 1. The van der Waals surface area contributed by atoms with Crippen LogP contribution in [0.25, 0.3) is 0 Å². The van der Waals surface area contributed by atoms with Gasteiger partial charge in [-0.2, -0.15) is 4.31 Å². The Morgan fingerprint density at radius 1 is 1.05 bits per heavy atom. The summed E-state index contributed by atoms with van der Waals surface area (Å²) in [6, 6.07) is 14.5. The van der Waals surface area contributed by atoms with Crippen molar-refractivity contribution in [1.29, 1.82) is 0 Å². The number of carbonyl (C=O) groups is 1. The van der Waals surface area contributed by atoms with Gasteiger partial charge < -0.3 is 14.7 Å². The van der Waals surface area contributed by atoms with Gasteiger partial charge in [0.15, 0.2) is 5.75 Å². The quantitative estimate of drug-likeness (QED) is 0.375. The van der Waals surface area contributed by atoms with Crippen molar-refractivity contribution in [3.8, 4) is 5.75 Å². The number of rotatable bonds is 9. The van der Waals surface area contributed by atoms with E-state index in [-0.39, 0.29) is 46.5 Å². The summed E-state index contributed by atoms with van der Waals surface area (Å²) < 4.78 is 76.5. The predicted molar refractivity (Wildman–Crippen MR) is 156 cm³/mol. The van der Waals surface area contributed by atoms with Gasteiger partial charge in [-0.15, -0.1) is 0 Å². The Kier molecular flexibility index (Phi) is 9.26. The second-order valence-electron chi connectivity index (χ2n) is 10.5. The molecule has 0 aromatic heterocycles. The summed E-state index contributed by atoms with van der Waals surface area (Å²) in [7, 11) is -6.71. The molecule has 0 unspecified atom stereocenters. The Balaban J connectivity index is 1.76. The minimum Gasteiger partial charge on any atom is -0.486 e. The zero-order valence-electron chi connectivity index (χ0n) is 23.7. The topological polar surface area (TPSA) is 133 Å². The molecule has 0 saturated heterocycles. The number of nitrogens with zero attached hydrogens (tertiary/aromatic N) is 2. The van der Waals surface area contributed by atoms with Crippen molar-refractivity contribution < 1.29 is 35.9 Å². The lowest BCUT2D eigenvalue weighted by atomic mass is 9.99. The fraction of sp³-hybridized carbons (Fsp3) is 0.345. The number of hydrogen-bond donors (Lipinski definition) is 2. The van der Waals surface area contributed by atoms with Crippen LogP contribution in [0.2, 0.25) is 0 Å². The van der Waals surface area contributed by atoms with Gasteiger partial charge in [-0.25, -0.2) is 21.2 Å². The number of aliphatic hydroxyl groups is 1. The van der Waals surface area contributed by atoms with E-state index in [2.05, 4.69) is 4.72 Å². The second-order valence-corrected chi connectivity index (χ2v) is 14.2. The van der Waals surface area contributed by atoms with E-state index in [0.717, 1.165) is 34.1 Å². The average Bonchev–Trinajstić information content (AvgIpc) is 2.95. The Bertz CT molecular complexity index is 1650. The van der Waals surface area contributed by atoms with Crippen LogP contribution in [-0.4, -0.2) is 75.9 Å². The van der Waals surface area contributed by atoms with E-state index in [1.165, 1.54) is 42.3 Å². The maximum absolute atomic E-state index is 13.7. The third-order valence-electron chi connectivity index (χ3n) is 7.23. The van der Waals surface area contributed by atoms with Crippen molar-refractivity contribution in [2.24, 2.45) is 5.92 Å². The molecule has 42 heavy (non-hydrogen) atoms. The number of carbonyl (C=O) groups excluding carboxylic acids is 1. The van der Waals surface area contributed by atoms with Gasteiger partial charge in [0.05, 0.1) is 40.2 Å². The monoisotopic (exact) mass is 619 g/mol. The number of likely N-dealkylation sites (N-methyl/N-ethyl adjacent to an activating group) is 1. The molecule has 0 aliphatic carbocycles. The van der Waals surface area contributed by atoms with Gasteiger partial charge in [-0.3, -0.25) is 9.52 Å². The predicted octanol–water partition coefficient (Wildman–Crippen LogP) is 3.48. The number of anilines is 1. The number of para-hydroxylation sites is 1. The van der Waals surface area contributed by atoms with E-state index in [4.69, 9.17) is 4.74 Å². The molecule has 2 N–H and O–H groups in total. The first-order valence-corrected chi connectivity index (χ1v) is 16.2. The van der Waals surface area contributed by atoms with Crippen LogP contribution < -0.4 is 9.46 Å². The molecule has 13 heteroatoms. The lowest BCUT2D eigenvalue weighted by Gasteiger charge is -2.38. The Morgan fingerprint density at radius 2 is 1.67 bits per heavy atom. The summed E-state index contributed by atoms with van der Waals surface area (Å²) in [5.74, 6) is -1.61. The van der Waals surface area contributed by atoms with E-state index in [1.807, 2.05) is 6.92 Å². The summed E-state index contributed by atoms with van der Waals surface area (Å²) in [6.07, 6.45) is -0.827. The fourth-order valence-electron chi connectivity index (χ4n) is 4.60. The van der Waals surface area contributed by atoms with Crippen LogP contribution in [0, 0.1) is 18.7 Å². The van der Waals surface area contributed by atoms with E-state index in [0.29, 0.717) is 0 Å². The SMILES string of the molecule is Cc1ccc(S(=O)(=O)N(C)C[C@H]2Oc3c(NS(=O)(=O)c4ccc(F)cc4)cccc3C(=O)N([C@H](C)CO)C[C@H]2C)cc1. The average molecular weight is 620 g/mol. The minimum atomic E-state index is -4.22. The largest absolute Gasteiger partial charge is 0.486 e. The summed E-state index contributed by atoms with van der Waals surface area (Å²) in [6.45, 7) is 5.02. The Morgan fingerprint density at radius 3 is 2.29 bits per heavy atom. The zero-order chi connectivity index (χ0) is 30.8. The lowest BCUT2D eigenvalue weighted by molar-refractivity contribution is 0.0389. The number of aliphatic hydroxyl groups excluding tert-OH is 1. The highest BCUT2D eigenvalue weighted by Gasteiger charge is 2.36. The molecule has 10 nitrogen and oxygen atoms in total. The zero-order valence-corrected chi connectivity index (χ0v) is 25.3. The Hall–Kier alpha value is -3.52. The maximum Gasteiger partial charge on any atom is 0.262 e. The molecule has 226 valence electrons. The van der Waals surface area contributed by atoms with Crippen LogP contribution in [0.3, 0.4) is 0 Å². The second kappa shape index (κ2) is 12.4. The minimum absolute atomic E-state index is 0.0375. The molecule has 0 bridgehead atoms. The van der Waals surface area contributed by atoms with E-state index >= 15 is 0 Å². The first-order chi connectivity index (χ1) is 19.7. The van der Waals surface area contributed by atoms with Crippen LogP contribution in [0.1, 0.15) is 29.8 Å². The molecule has 3 atom stereocenters. The smallest absolute Gasteiger partial charge is 0.262 e. The molecule has 0 spiro atoms. The molecule has 3 aromatic rings. The molecule has 1 heterocycles. The first-order valence-electron chi connectivity index (χ1n) is 13.3. The van der Waals surface area contributed by atoms with Crippen molar-refractivity contribution in [3.63, 3.8) is 0 Å². The summed E-state index contributed by atoms with van der Waals surface area (Å²) in [5, 5.41) is 9.89. The molecular formula is C29H34FN3O7S2. The molecule has 0 saturated carbocycles. The number of ether oxygens (including phenoxy) is 1. The standard InChI is InChI=1S/C29H34FN3O7S2/c1-19-8-12-24(13-9-19)42(38,39)32(4)17-27-20(2)16-33(21(3)18-34)29(35)25-6-5-7-26(28(25)40-27)31-41(36,37)23-14-10-22(30)11-15-23/h5-15,20-21,27,31,34H,16-18H2,1-4H3/t20-,21-,27-/m1/s1. The van der Waals surface area contributed by atoms with Crippen LogP contribution in [0.4, 0.5) is 10.1 Å². The number of halogens is 1. The van der Waals surface area contributed by atoms with Gasteiger partial charge in [-0.05, 0) is 62.4 Å². The summed E-state index contributed by atoms with van der Waals surface area (Å²) >= 11 is 0. The summed E-state index contributed by atoms with van der Waals surface area (Å²) in [4.78, 5) is 15.0. The molecule has 4 rings (SSSR count). The highest BCUT2D eigenvalue weighted by molar-refractivity contribution is 7.92. The highest BCUT2D eigenvalue weighted by atomic mass is 32.2. The van der Waals surface area contributed by atoms with Gasteiger partial charge in [-0.1, -0.05) is 30.7 Å². The Labute approximate surface area is 245 Å². The van der Waals surface area contributed by atoms with Gasteiger partial charge >= 0.3 is 0 Å². The highest BCUT2D eigenvalue weighted by Crippen LogP contribution is 2.36. The maximum atomic E-state index is 13.7. The number of amides is 1. The van der Waals surface area contributed by atoms with E-state index < -0.39 is 49.8 Å². The number of fused-ring (bicyclic) bond motifs is 1. The van der Waals surface area contributed by atoms with E-state index in [9.17, 15) is 31.1 Å². The molecule has 3 aromatic carbocycles. The third-order valence-corrected chi connectivity index (χ3v) is 10.4. The molecule has 1 aliphatic rings. The van der Waals surface area contributed by atoms with Crippen molar-refractivity contribution in [3.05, 3.63) is 83.7 Å². The van der Waals surface area contributed by atoms with Crippen LogP contribution in [0.15, 0.2) is 76.5 Å². The number of sulfonamides is 2. The lowest BCUT2D eigenvalue weighted by Crippen LogP contribution is -2.50. The number of aryl methyl sites for hydroxylation is 1. The van der Waals surface area contributed by atoms with Gasteiger partial charge in [0.1, 0.15) is 11.9 Å². The number of benzene rings is 3. The van der Waals surface area contributed by atoms with Gasteiger partial charge in [0.25, 0.3) is 15.9 Å². The van der Waals surface area contributed by atoms with E-state index in [1.54, 1.807) is 26.0 Å². The van der Waals surface area contributed by atoms with Crippen LogP contribution in [-0.2, 0) is 20.0 Å². The van der Waals surface area contributed by atoms with Gasteiger partial charge in [0.2, 0.25) is 10.0 Å². The van der Waals surface area contributed by atoms with Crippen LogP contribution >= 0.6 is 0 Å². The molecule has 0 fully saturated rings. The first kappa shape index (κ1) is 31.4. The molecule has 1 aliphatic heterocycles. The van der Waals surface area contributed by atoms with Crippen molar-refractivity contribution in [1.82, 2.24) is 9.21 Å². The molecular weight excluding hydrogens is 585 g/mol. The van der Waals surface area contributed by atoms with Gasteiger partial charge in [0, 0.05) is 19.5 Å². The van der Waals surface area contributed by atoms with Crippen molar-refractivity contribution in [2.45, 2.75) is 42.7 Å². The normalized spacial score (nSPS) is 18.5. The third kappa shape index (κ3) is 6.59. The van der Waals surface area contributed by atoms with Crippen LogP contribution in [0.5, 0.6) is 5.75 Å².